The van der Waals surface area contributed by atoms with Crippen molar-refractivity contribution in [3.8, 4) is 0 Å². The van der Waals surface area contributed by atoms with E-state index in [2.05, 4.69) is 23.0 Å². The van der Waals surface area contributed by atoms with Gasteiger partial charge in [-0.05, 0) is 93.0 Å². The van der Waals surface area contributed by atoms with Crippen molar-refractivity contribution >= 4 is 28.3 Å². The summed E-state index contributed by atoms with van der Waals surface area (Å²) >= 11 is 0. The molecule has 0 spiro atoms. The molecular formula is C29H32FN3O3. The molecule has 0 saturated carbocycles. The third-order valence-electron chi connectivity index (χ3n) is 8.27. The lowest BCUT2D eigenvalue weighted by atomic mass is 9.83. The van der Waals surface area contributed by atoms with Crippen LogP contribution in [0, 0.1) is 5.82 Å². The second-order valence-electron chi connectivity index (χ2n) is 10.7. The SMILES string of the molecule is CC1CC(=O)N2CCCc3cc(C(=O)CCCN4CCC(c5noc6cc(F)ccc56)CC4)cc1c32. The van der Waals surface area contributed by atoms with Gasteiger partial charge in [0.05, 0.1) is 11.4 Å². The number of fused-ring (bicyclic) bond motifs is 1. The zero-order valence-electron chi connectivity index (χ0n) is 20.8. The number of aryl methyl sites for hydroxylation is 1. The summed E-state index contributed by atoms with van der Waals surface area (Å²) in [6, 6.07) is 8.71. The molecule has 1 aromatic heterocycles. The standard InChI is InChI=1S/C29H32FN3O3/c1-18-14-27(35)33-11-2-4-20-15-21(16-24(18)29(20)33)25(34)5-3-10-32-12-8-19(9-13-32)28-23-7-6-22(30)17-26(23)36-31-28/h6-7,15-19H,2-5,8-14H2,1H3. The summed E-state index contributed by atoms with van der Waals surface area (Å²) in [7, 11) is 0. The molecule has 36 heavy (non-hydrogen) atoms. The zero-order valence-corrected chi connectivity index (χ0v) is 20.8. The van der Waals surface area contributed by atoms with Crippen LogP contribution in [-0.4, -0.2) is 47.9 Å². The van der Waals surface area contributed by atoms with Crippen LogP contribution in [0.25, 0.3) is 11.0 Å². The van der Waals surface area contributed by atoms with Crippen molar-refractivity contribution in [3.05, 3.63) is 58.5 Å². The van der Waals surface area contributed by atoms with Gasteiger partial charge in [-0.3, -0.25) is 9.59 Å². The number of rotatable bonds is 6. The molecule has 3 aliphatic heterocycles. The number of halogens is 1. The Hall–Kier alpha value is -3.06. The van der Waals surface area contributed by atoms with Gasteiger partial charge in [-0.15, -0.1) is 0 Å². The molecule has 2 aromatic carbocycles. The van der Waals surface area contributed by atoms with Crippen molar-refractivity contribution in [3.63, 3.8) is 0 Å². The van der Waals surface area contributed by atoms with Gasteiger partial charge in [0.1, 0.15) is 5.82 Å². The first-order chi connectivity index (χ1) is 17.5. The fraction of sp³-hybridized carbons (Fsp3) is 0.483. The summed E-state index contributed by atoms with van der Waals surface area (Å²) in [6.07, 6.45) is 5.76. The van der Waals surface area contributed by atoms with Gasteiger partial charge in [-0.1, -0.05) is 12.1 Å². The van der Waals surface area contributed by atoms with Crippen LogP contribution in [0.4, 0.5) is 10.1 Å². The highest BCUT2D eigenvalue weighted by Gasteiger charge is 2.34. The van der Waals surface area contributed by atoms with E-state index in [1.165, 1.54) is 17.7 Å². The molecule has 0 aliphatic carbocycles. The van der Waals surface area contributed by atoms with Crippen LogP contribution in [0.15, 0.2) is 34.9 Å². The molecule has 1 saturated heterocycles. The van der Waals surface area contributed by atoms with E-state index in [1.54, 1.807) is 6.07 Å². The van der Waals surface area contributed by atoms with Gasteiger partial charge in [-0.2, -0.15) is 0 Å². The Morgan fingerprint density at radius 2 is 2.00 bits per heavy atom. The average molecular weight is 490 g/mol. The minimum absolute atomic E-state index is 0.163. The number of carbonyl (C=O) groups is 2. The molecule has 1 unspecified atom stereocenters. The van der Waals surface area contributed by atoms with E-state index >= 15 is 0 Å². The minimum atomic E-state index is -0.309. The van der Waals surface area contributed by atoms with Gasteiger partial charge in [-0.25, -0.2) is 4.39 Å². The molecule has 1 fully saturated rings. The summed E-state index contributed by atoms with van der Waals surface area (Å²) in [5.41, 5.74) is 5.66. The molecule has 1 amide bonds. The molecule has 3 aliphatic rings. The number of hydrogen-bond donors (Lipinski definition) is 0. The molecule has 188 valence electrons. The number of benzene rings is 2. The fourth-order valence-electron chi connectivity index (χ4n) is 6.31. The van der Waals surface area contributed by atoms with Crippen LogP contribution in [0.3, 0.4) is 0 Å². The first-order valence-corrected chi connectivity index (χ1v) is 13.3. The molecular weight excluding hydrogens is 457 g/mol. The Morgan fingerprint density at radius 3 is 2.83 bits per heavy atom. The van der Waals surface area contributed by atoms with Gasteiger partial charge in [0.15, 0.2) is 11.4 Å². The summed E-state index contributed by atoms with van der Waals surface area (Å²) < 4.78 is 18.8. The number of piperidine rings is 1. The topological polar surface area (TPSA) is 66.7 Å². The highest BCUT2D eigenvalue weighted by atomic mass is 19.1. The fourth-order valence-corrected chi connectivity index (χ4v) is 6.31. The maximum absolute atomic E-state index is 13.5. The molecule has 6 nitrogen and oxygen atoms in total. The molecule has 7 heteroatoms. The maximum Gasteiger partial charge on any atom is 0.227 e. The number of Topliss-reactive ketones (excluding diaryl/α,β-unsaturated/α-hetero) is 1. The van der Waals surface area contributed by atoms with Gasteiger partial charge in [0, 0.05) is 42.3 Å². The molecule has 0 bridgehead atoms. The second kappa shape index (κ2) is 9.43. The highest BCUT2D eigenvalue weighted by Crippen LogP contribution is 2.42. The molecule has 4 heterocycles. The number of aromatic nitrogens is 1. The number of amides is 1. The van der Waals surface area contributed by atoms with Gasteiger partial charge >= 0.3 is 0 Å². The smallest absolute Gasteiger partial charge is 0.227 e. The summed E-state index contributed by atoms with van der Waals surface area (Å²) in [4.78, 5) is 30.0. The lowest BCUT2D eigenvalue weighted by Gasteiger charge is -2.38. The van der Waals surface area contributed by atoms with Crippen LogP contribution >= 0.6 is 0 Å². The van der Waals surface area contributed by atoms with Crippen LogP contribution in [-0.2, 0) is 11.2 Å². The third kappa shape index (κ3) is 4.23. The highest BCUT2D eigenvalue weighted by molar-refractivity contribution is 6.01. The van der Waals surface area contributed by atoms with Crippen molar-refractivity contribution < 1.29 is 18.5 Å². The minimum Gasteiger partial charge on any atom is -0.356 e. The molecule has 0 N–H and O–H groups in total. The maximum atomic E-state index is 13.5. The van der Waals surface area contributed by atoms with E-state index in [1.807, 2.05) is 11.0 Å². The Morgan fingerprint density at radius 1 is 1.17 bits per heavy atom. The number of hydrogen-bond acceptors (Lipinski definition) is 5. The van der Waals surface area contributed by atoms with E-state index in [4.69, 9.17) is 4.52 Å². The van der Waals surface area contributed by atoms with E-state index in [-0.39, 0.29) is 23.4 Å². The number of nitrogens with zero attached hydrogens (tertiary/aromatic N) is 3. The second-order valence-corrected chi connectivity index (χ2v) is 10.7. The van der Waals surface area contributed by atoms with Crippen molar-refractivity contribution in [2.45, 2.75) is 63.7 Å². The Balaban J connectivity index is 1.05. The first-order valence-electron chi connectivity index (χ1n) is 13.3. The summed E-state index contributed by atoms with van der Waals surface area (Å²) in [6.45, 7) is 5.70. The normalized spacial score (nSPS) is 20.7. The van der Waals surface area contributed by atoms with Crippen LogP contribution < -0.4 is 4.90 Å². The molecule has 1 atom stereocenters. The Labute approximate surface area is 210 Å². The third-order valence-corrected chi connectivity index (χ3v) is 8.27. The van der Waals surface area contributed by atoms with Gasteiger partial charge in [0.25, 0.3) is 0 Å². The predicted octanol–water partition coefficient (Wildman–Crippen LogP) is 5.60. The van der Waals surface area contributed by atoms with E-state index in [0.29, 0.717) is 24.3 Å². The van der Waals surface area contributed by atoms with Gasteiger partial charge in [0.2, 0.25) is 5.91 Å². The van der Waals surface area contributed by atoms with Crippen LogP contribution in [0.2, 0.25) is 0 Å². The molecule has 3 aromatic rings. The predicted molar refractivity (Wildman–Crippen MR) is 136 cm³/mol. The Bertz CT molecular complexity index is 1320. The first kappa shape index (κ1) is 23.3. The molecule has 0 radical (unpaired) electrons. The largest absolute Gasteiger partial charge is 0.356 e. The van der Waals surface area contributed by atoms with E-state index < -0.39 is 0 Å². The number of anilines is 1. The zero-order chi connectivity index (χ0) is 24.8. The Kier molecular flexibility index (Phi) is 6.12. The average Bonchev–Trinajstić information content (AvgIpc) is 3.30. The number of carbonyl (C=O) groups excluding carboxylic acids is 2. The summed E-state index contributed by atoms with van der Waals surface area (Å²) in [5.74, 6) is 0.581. The summed E-state index contributed by atoms with van der Waals surface area (Å²) in [5, 5.41) is 5.15. The van der Waals surface area contributed by atoms with E-state index in [0.717, 1.165) is 86.2 Å². The van der Waals surface area contributed by atoms with Gasteiger partial charge < -0.3 is 14.3 Å². The van der Waals surface area contributed by atoms with Crippen molar-refractivity contribution in [1.82, 2.24) is 10.1 Å². The number of likely N-dealkylation sites (tertiary alicyclic amines) is 1. The number of ketones is 1. The van der Waals surface area contributed by atoms with Crippen molar-refractivity contribution in [1.29, 1.82) is 0 Å². The van der Waals surface area contributed by atoms with Crippen molar-refractivity contribution in [2.75, 3.05) is 31.1 Å². The van der Waals surface area contributed by atoms with E-state index in [9.17, 15) is 14.0 Å². The van der Waals surface area contributed by atoms with Crippen molar-refractivity contribution in [2.24, 2.45) is 0 Å². The molecule has 6 rings (SSSR count). The monoisotopic (exact) mass is 489 g/mol. The quantitative estimate of drug-likeness (QED) is 0.422. The van der Waals surface area contributed by atoms with Crippen LogP contribution in [0.1, 0.15) is 84.5 Å². The lowest BCUT2D eigenvalue weighted by molar-refractivity contribution is -0.119. The van der Waals surface area contributed by atoms with Crippen LogP contribution in [0.5, 0.6) is 0 Å². The lowest BCUT2D eigenvalue weighted by Crippen LogP contribution is -2.40.